The summed E-state index contributed by atoms with van der Waals surface area (Å²) in [4.78, 5) is 35.8. The number of rotatable bonds is 9. The standard InChI is InChI=1S/C23H24N2O6/c1-14-11-20(16(3)25(14)22-12-15(2)31-24-22)21(27)13-30-23(28)9-10-29-19-7-5-18(6-8-19)17(4)26/h5-8,11-12H,9-10,13H2,1-4H3. The van der Waals surface area contributed by atoms with E-state index in [0.29, 0.717) is 34.1 Å². The first-order chi connectivity index (χ1) is 14.8. The van der Waals surface area contributed by atoms with Gasteiger partial charge in [0.05, 0.1) is 13.0 Å². The van der Waals surface area contributed by atoms with Gasteiger partial charge in [-0.25, -0.2) is 0 Å². The van der Waals surface area contributed by atoms with Gasteiger partial charge in [0, 0.05) is 28.6 Å². The third-order valence-corrected chi connectivity index (χ3v) is 4.78. The van der Waals surface area contributed by atoms with Crippen LogP contribution in [0.15, 0.2) is 40.9 Å². The van der Waals surface area contributed by atoms with Crippen LogP contribution >= 0.6 is 0 Å². The third kappa shape index (κ3) is 5.28. The molecular weight excluding hydrogens is 400 g/mol. The van der Waals surface area contributed by atoms with Crippen LogP contribution < -0.4 is 4.74 Å². The molecule has 8 heteroatoms. The minimum absolute atomic E-state index is 0.00101. The number of ether oxygens (including phenoxy) is 2. The SMILES string of the molecule is CC(=O)c1ccc(OCCC(=O)OCC(=O)c2cc(C)n(-c3cc(C)on3)c2C)cc1. The zero-order chi connectivity index (χ0) is 22.5. The van der Waals surface area contributed by atoms with Gasteiger partial charge in [0.2, 0.25) is 5.78 Å². The lowest BCUT2D eigenvalue weighted by atomic mass is 10.1. The van der Waals surface area contributed by atoms with Crippen LogP contribution in [0.3, 0.4) is 0 Å². The molecule has 162 valence electrons. The first-order valence-corrected chi connectivity index (χ1v) is 9.81. The lowest BCUT2D eigenvalue weighted by Gasteiger charge is -2.08. The third-order valence-electron chi connectivity index (χ3n) is 4.78. The number of benzene rings is 1. The van der Waals surface area contributed by atoms with Gasteiger partial charge in [-0.3, -0.25) is 19.0 Å². The van der Waals surface area contributed by atoms with Crippen molar-refractivity contribution in [2.75, 3.05) is 13.2 Å². The van der Waals surface area contributed by atoms with Crippen molar-refractivity contribution < 1.29 is 28.4 Å². The molecule has 31 heavy (non-hydrogen) atoms. The van der Waals surface area contributed by atoms with E-state index < -0.39 is 5.97 Å². The van der Waals surface area contributed by atoms with E-state index in [1.54, 1.807) is 50.2 Å². The summed E-state index contributed by atoms with van der Waals surface area (Å²) < 4.78 is 17.5. The molecule has 0 aliphatic carbocycles. The summed E-state index contributed by atoms with van der Waals surface area (Å²) in [6.07, 6.45) is -0.00101. The Morgan fingerprint density at radius 3 is 2.39 bits per heavy atom. The number of nitrogens with zero attached hydrogens (tertiary/aromatic N) is 2. The fourth-order valence-corrected chi connectivity index (χ4v) is 3.19. The molecule has 0 aliphatic heterocycles. The number of carbonyl (C=O) groups excluding carboxylic acids is 3. The van der Waals surface area contributed by atoms with Crippen molar-refractivity contribution in [3.63, 3.8) is 0 Å². The summed E-state index contributed by atoms with van der Waals surface area (Å²) in [7, 11) is 0. The van der Waals surface area contributed by atoms with Gasteiger partial charge >= 0.3 is 5.97 Å². The molecule has 0 atom stereocenters. The molecule has 0 saturated heterocycles. The average molecular weight is 424 g/mol. The van der Waals surface area contributed by atoms with Crippen molar-refractivity contribution in [1.29, 1.82) is 0 Å². The first-order valence-electron chi connectivity index (χ1n) is 9.81. The Bertz CT molecular complexity index is 1110. The minimum atomic E-state index is -0.533. The largest absolute Gasteiger partial charge is 0.493 e. The maximum Gasteiger partial charge on any atom is 0.309 e. The second-order valence-corrected chi connectivity index (χ2v) is 7.18. The maximum atomic E-state index is 12.6. The molecule has 2 aromatic heterocycles. The minimum Gasteiger partial charge on any atom is -0.493 e. The van der Waals surface area contributed by atoms with Gasteiger partial charge in [0.1, 0.15) is 11.5 Å². The van der Waals surface area contributed by atoms with E-state index in [1.165, 1.54) is 6.92 Å². The van der Waals surface area contributed by atoms with Crippen molar-refractivity contribution in [2.45, 2.75) is 34.1 Å². The number of aromatic nitrogens is 2. The Morgan fingerprint density at radius 1 is 1.06 bits per heavy atom. The van der Waals surface area contributed by atoms with Crippen molar-refractivity contribution in [3.8, 4) is 11.6 Å². The van der Waals surface area contributed by atoms with Crippen LogP contribution in [-0.2, 0) is 9.53 Å². The molecule has 0 saturated carbocycles. The normalized spacial score (nSPS) is 10.7. The number of ketones is 2. The van der Waals surface area contributed by atoms with Crippen molar-refractivity contribution >= 4 is 17.5 Å². The van der Waals surface area contributed by atoms with Crippen molar-refractivity contribution in [1.82, 2.24) is 9.72 Å². The van der Waals surface area contributed by atoms with Crippen LogP contribution in [0.25, 0.3) is 5.82 Å². The zero-order valence-electron chi connectivity index (χ0n) is 17.9. The maximum absolute atomic E-state index is 12.6. The van der Waals surface area contributed by atoms with Crippen LogP contribution in [0.5, 0.6) is 5.75 Å². The molecule has 0 radical (unpaired) electrons. The molecule has 3 rings (SSSR count). The molecule has 0 amide bonds. The summed E-state index contributed by atoms with van der Waals surface area (Å²) in [5.74, 6) is 0.947. The van der Waals surface area contributed by atoms with Crippen LogP contribution in [0.1, 0.15) is 51.2 Å². The Labute approximate surface area is 179 Å². The molecule has 0 unspecified atom stereocenters. The molecule has 0 N–H and O–H groups in total. The average Bonchev–Trinajstić information content (AvgIpc) is 3.28. The number of esters is 1. The molecule has 0 aliphatic rings. The van der Waals surface area contributed by atoms with E-state index in [4.69, 9.17) is 14.0 Å². The Morgan fingerprint density at radius 2 is 1.77 bits per heavy atom. The van der Waals surface area contributed by atoms with Gasteiger partial charge in [-0.15, -0.1) is 0 Å². The molecule has 1 aromatic carbocycles. The van der Waals surface area contributed by atoms with Crippen LogP contribution in [0, 0.1) is 20.8 Å². The number of Topliss-reactive ketones (excluding diaryl/α,β-unsaturated/α-hetero) is 2. The van der Waals surface area contributed by atoms with E-state index in [9.17, 15) is 14.4 Å². The van der Waals surface area contributed by atoms with Gasteiger partial charge < -0.3 is 14.0 Å². The van der Waals surface area contributed by atoms with Gasteiger partial charge in [-0.05, 0) is 58.0 Å². The summed E-state index contributed by atoms with van der Waals surface area (Å²) >= 11 is 0. The van der Waals surface area contributed by atoms with E-state index >= 15 is 0 Å². The van der Waals surface area contributed by atoms with Gasteiger partial charge in [-0.2, -0.15) is 0 Å². The monoisotopic (exact) mass is 424 g/mol. The predicted molar refractivity (Wildman–Crippen MR) is 112 cm³/mol. The molecule has 0 spiro atoms. The lowest BCUT2D eigenvalue weighted by molar-refractivity contribution is -0.143. The molecule has 2 heterocycles. The highest BCUT2D eigenvalue weighted by atomic mass is 16.5. The fourth-order valence-electron chi connectivity index (χ4n) is 3.19. The summed E-state index contributed by atoms with van der Waals surface area (Å²) in [5, 5.41) is 3.99. The highest BCUT2D eigenvalue weighted by Gasteiger charge is 2.19. The van der Waals surface area contributed by atoms with Gasteiger partial charge in [-0.1, -0.05) is 5.16 Å². The van der Waals surface area contributed by atoms with E-state index in [-0.39, 0.29) is 31.2 Å². The number of hydrogen-bond acceptors (Lipinski definition) is 7. The summed E-state index contributed by atoms with van der Waals surface area (Å²) in [6.45, 7) is 6.69. The fraction of sp³-hybridized carbons (Fsp3) is 0.304. The van der Waals surface area contributed by atoms with Crippen LogP contribution in [-0.4, -0.2) is 40.5 Å². The van der Waals surface area contributed by atoms with E-state index in [1.807, 2.05) is 11.5 Å². The second-order valence-electron chi connectivity index (χ2n) is 7.18. The van der Waals surface area contributed by atoms with Crippen LogP contribution in [0.2, 0.25) is 0 Å². The lowest BCUT2D eigenvalue weighted by Crippen LogP contribution is -2.16. The number of aryl methyl sites for hydroxylation is 2. The molecular formula is C23H24N2O6. The highest BCUT2D eigenvalue weighted by molar-refractivity contribution is 5.99. The van der Waals surface area contributed by atoms with Gasteiger partial charge in [0.15, 0.2) is 18.2 Å². The predicted octanol–water partition coefficient (Wildman–Crippen LogP) is 3.79. The first kappa shape index (κ1) is 22.0. The quantitative estimate of drug-likeness (QED) is 0.380. The molecule has 3 aromatic rings. The topological polar surface area (TPSA) is 101 Å². The highest BCUT2D eigenvalue weighted by Crippen LogP contribution is 2.21. The van der Waals surface area contributed by atoms with Crippen molar-refractivity contribution in [2.24, 2.45) is 0 Å². The molecule has 8 nitrogen and oxygen atoms in total. The van der Waals surface area contributed by atoms with Crippen molar-refractivity contribution in [3.05, 3.63) is 64.7 Å². The number of carbonyl (C=O) groups is 3. The Balaban J connectivity index is 1.50. The molecule has 0 bridgehead atoms. The second kappa shape index (κ2) is 9.42. The summed E-state index contributed by atoms with van der Waals surface area (Å²) in [6, 6.07) is 10.2. The van der Waals surface area contributed by atoms with E-state index in [2.05, 4.69) is 5.16 Å². The van der Waals surface area contributed by atoms with Gasteiger partial charge in [0.25, 0.3) is 0 Å². The van der Waals surface area contributed by atoms with E-state index in [0.717, 1.165) is 5.69 Å². The Hall–Kier alpha value is -3.68. The summed E-state index contributed by atoms with van der Waals surface area (Å²) in [5.41, 5.74) is 2.57. The van der Waals surface area contributed by atoms with Crippen LogP contribution in [0.4, 0.5) is 0 Å². The Kier molecular flexibility index (Phi) is 6.69. The smallest absolute Gasteiger partial charge is 0.309 e. The number of hydrogen-bond donors (Lipinski definition) is 0. The zero-order valence-corrected chi connectivity index (χ0v) is 17.9. The molecule has 0 fully saturated rings.